The van der Waals surface area contributed by atoms with Crippen LogP contribution in [0.25, 0.3) is 0 Å². The average molecular weight is 641 g/mol. The Labute approximate surface area is 223 Å². The molecule has 0 aliphatic rings. The van der Waals surface area contributed by atoms with Crippen LogP contribution in [-0.2, 0) is 18.9 Å². The summed E-state index contributed by atoms with van der Waals surface area (Å²) in [6.07, 6.45) is 0. The normalized spacial score (nSPS) is 14.5. The van der Waals surface area contributed by atoms with Gasteiger partial charge in [-0.05, 0) is 0 Å². The number of hydrogen-bond acceptors (Lipinski definition) is 12. The van der Waals surface area contributed by atoms with E-state index in [1.54, 1.807) is 60.4 Å². The summed E-state index contributed by atoms with van der Waals surface area (Å²) >= 11 is 5.39. The van der Waals surface area contributed by atoms with Crippen molar-refractivity contribution in [2.24, 2.45) is 10.8 Å². The van der Waals surface area contributed by atoms with Crippen molar-refractivity contribution in [3.63, 3.8) is 0 Å². The Morgan fingerprint density at radius 3 is 1.48 bits per heavy atom. The van der Waals surface area contributed by atoms with Gasteiger partial charge in [0.15, 0.2) is 0 Å². The van der Waals surface area contributed by atoms with Crippen LogP contribution in [0.3, 0.4) is 0 Å². The predicted octanol–water partition coefficient (Wildman–Crippen LogP) is 3.30. The van der Waals surface area contributed by atoms with Crippen molar-refractivity contribution < 1.29 is 18.9 Å². The third-order valence-corrected chi connectivity index (χ3v) is 12.6. The summed E-state index contributed by atoms with van der Waals surface area (Å²) in [6, 6.07) is 0. The van der Waals surface area contributed by atoms with Crippen LogP contribution in [0.4, 0.5) is 0 Å². The summed E-state index contributed by atoms with van der Waals surface area (Å²) in [5.41, 5.74) is -0.0133. The summed E-state index contributed by atoms with van der Waals surface area (Å²) in [5.74, 6) is 0. The Bertz CT molecular complexity index is 770. The molecule has 0 spiro atoms. The number of thioether (sulfide) groups is 2. The molecule has 2 aromatic rings. The predicted molar refractivity (Wildman–Crippen MR) is 139 cm³/mol. The van der Waals surface area contributed by atoms with Crippen LogP contribution < -0.4 is 6.05 Å². The van der Waals surface area contributed by atoms with E-state index in [-0.39, 0.29) is 21.7 Å². The Morgan fingerprint density at radius 2 is 1.12 bits per heavy atom. The maximum absolute atomic E-state index is 5.98. The van der Waals surface area contributed by atoms with E-state index < -0.39 is 21.1 Å². The van der Waals surface area contributed by atoms with Gasteiger partial charge in [-0.3, -0.25) is 0 Å². The van der Waals surface area contributed by atoms with Gasteiger partial charge in [0.05, 0.1) is 0 Å². The van der Waals surface area contributed by atoms with Crippen LogP contribution >= 0.6 is 46.2 Å². The third kappa shape index (κ3) is 11.8. The van der Waals surface area contributed by atoms with Crippen LogP contribution in [0.15, 0.2) is 8.68 Å². The van der Waals surface area contributed by atoms with Gasteiger partial charge in [-0.2, -0.15) is 0 Å². The average Bonchev–Trinajstić information content (AvgIpc) is 3.34. The number of aromatic nitrogens is 4. The van der Waals surface area contributed by atoms with Gasteiger partial charge in [-0.25, -0.2) is 0 Å². The molecule has 33 heavy (non-hydrogen) atoms. The molecule has 0 aliphatic carbocycles. The Hall–Kier alpha value is 0.459. The summed E-state index contributed by atoms with van der Waals surface area (Å²) in [6.45, 7) is 15.2. The van der Waals surface area contributed by atoms with Crippen molar-refractivity contribution in [1.82, 2.24) is 20.4 Å². The van der Waals surface area contributed by atoms with Crippen molar-refractivity contribution >= 4 is 73.4 Å². The van der Waals surface area contributed by atoms with Crippen LogP contribution in [0.5, 0.6) is 0 Å². The molecule has 0 aliphatic heterocycles. The van der Waals surface area contributed by atoms with Crippen LogP contribution in [0.2, 0.25) is 0 Å². The van der Waals surface area contributed by atoms with Gasteiger partial charge in [0, 0.05) is 0 Å². The topological polar surface area (TPSA) is 88.5 Å². The molecule has 0 saturated heterocycles. The summed E-state index contributed by atoms with van der Waals surface area (Å²) in [4.78, 5) is 0. The first-order valence-electron chi connectivity index (χ1n) is 10.5. The van der Waals surface area contributed by atoms with Crippen LogP contribution in [0.1, 0.15) is 41.5 Å². The van der Waals surface area contributed by atoms with Crippen LogP contribution in [-0.4, -0.2) is 93.1 Å². The summed E-state index contributed by atoms with van der Waals surface area (Å²) in [5, 5.41) is 17.5. The van der Waals surface area contributed by atoms with Crippen molar-refractivity contribution in [3.05, 3.63) is 0 Å². The van der Waals surface area contributed by atoms with Gasteiger partial charge in [0.1, 0.15) is 0 Å². The number of rotatable bonds is 16. The number of methoxy groups -OCH3 is 2. The van der Waals surface area contributed by atoms with E-state index in [2.05, 4.69) is 48.1 Å². The number of nitrogens with zero attached hydrogens (tertiary/aromatic N) is 4. The second-order valence-electron chi connectivity index (χ2n) is 9.06. The van der Waals surface area contributed by atoms with Gasteiger partial charge < -0.3 is 0 Å². The molecule has 2 rings (SSSR count). The Kier molecular flexibility index (Phi) is 12.8. The Morgan fingerprint density at radius 1 is 0.727 bits per heavy atom. The minimum absolute atomic E-state index is 0.00668. The molecular weight excluding hydrogens is 607 g/mol. The van der Waals surface area contributed by atoms with E-state index in [1.807, 2.05) is 13.8 Å². The monoisotopic (exact) mass is 642 g/mol. The molecule has 2 aromatic heterocycles. The van der Waals surface area contributed by atoms with E-state index in [0.717, 1.165) is 14.7 Å². The Balaban J connectivity index is 1.79. The molecule has 0 fully saturated rings. The standard InChI is InChI=1S/2C10H17N2O2S2.Sn/c2*1-8(16-9-12-11-7-15-9)14-6-10(2,3)5-13-4;/h2*8H,5-6H2,1-4H3;. The van der Waals surface area contributed by atoms with Crippen molar-refractivity contribution in [1.29, 1.82) is 0 Å². The molecule has 0 amide bonds. The zero-order valence-corrected chi connectivity index (χ0v) is 26.7. The molecule has 2 atom stereocenters. The molecule has 13 heteroatoms. The molecule has 8 nitrogen and oxygen atoms in total. The SMILES string of the molecule is COCC(C)(C)COC(C)Sc1nn[c]([Sn][c]2nnc(SC(C)OCC(C)(C)COC)s2)s1. The second-order valence-corrected chi connectivity index (χ2v) is 19.6. The van der Waals surface area contributed by atoms with Gasteiger partial charge in [0.2, 0.25) is 0 Å². The fourth-order valence-electron chi connectivity index (χ4n) is 2.61. The van der Waals surface area contributed by atoms with Crippen molar-refractivity contribution in [2.75, 3.05) is 40.6 Å². The van der Waals surface area contributed by atoms with Gasteiger partial charge in [0.25, 0.3) is 0 Å². The molecule has 2 radical (unpaired) electrons. The van der Waals surface area contributed by atoms with E-state index in [1.165, 1.54) is 0 Å². The van der Waals surface area contributed by atoms with E-state index in [9.17, 15) is 0 Å². The fourth-order valence-corrected chi connectivity index (χ4v) is 12.7. The van der Waals surface area contributed by atoms with Crippen LogP contribution in [0, 0.1) is 10.8 Å². The molecule has 0 N–H and O–H groups in total. The first-order valence-corrected chi connectivity index (χ1v) is 16.7. The molecule has 186 valence electrons. The van der Waals surface area contributed by atoms with Crippen molar-refractivity contribution in [2.45, 2.75) is 61.1 Å². The molecule has 0 saturated carbocycles. The quantitative estimate of drug-likeness (QED) is 0.155. The summed E-state index contributed by atoms with van der Waals surface area (Å²) < 4.78 is 26.5. The van der Waals surface area contributed by atoms with Gasteiger partial charge in [-0.15, -0.1) is 0 Å². The number of ether oxygens (including phenoxy) is 4. The third-order valence-electron chi connectivity index (χ3n) is 4.05. The molecular formula is C20H34N4O4S4Sn. The summed E-state index contributed by atoms with van der Waals surface area (Å²) in [7, 11) is 3.43. The zero-order valence-electron chi connectivity index (χ0n) is 20.5. The molecule has 2 heterocycles. The van der Waals surface area contributed by atoms with Gasteiger partial charge in [-0.1, -0.05) is 0 Å². The molecule has 0 aromatic carbocycles. The van der Waals surface area contributed by atoms with E-state index in [0.29, 0.717) is 26.4 Å². The molecule has 0 bridgehead atoms. The van der Waals surface area contributed by atoms with Crippen molar-refractivity contribution in [3.8, 4) is 0 Å². The molecule has 2 unspecified atom stereocenters. The zero-order chi connectivity index (χ0) is 24.5. The second kappa shape index (κ2) is 14.3. The fraction of sp³-hybridized carbons (Fsp3) is 0.800. The minimum atomic E-state index is -1.11. The van der Waals surface area contributed by atoms with Gasteiger partial charge >= 0.3 is 225 Å². The maximum atomic E-state index is 5.98. The van der Waals surface area contributed by atoms with E-state index in [4.69, 9.17) is 18.9 Å². The first kappa shape index (κ1) is 29.7. The number of hydrogen-bond donors (Lipinski definition) is 0. The van der Waals surface area contributed by atoms with E-state index >= 15 is 0 Å². The first-order chi connectivity index (χ1) is 15.5.